The standard InChI is InChI=1S/C24H31N3O4/c1-30-20-10-8-19(9-11-20)18-26-14-5-15-27(17-16-26)23(28)12-13-25-24(29)21-6-3-4-7-22(21)31-2/h3-4,6-11H,5,12-18H2,1-2H3,(H,25,29). The molecule has 0 saturated carbocycles. The van der Waals surface area contributed by atoms with Crippen LogP contribution in [0.15, 0.2) is 48.5 Å². The summed E-state index contributed by atoms with van der Waals surface area (Å²) in [6.07, 6.45) is 1.23. The molecular weight excluding hydrogens is 394 g/mol. The van der Waals surface area contributed by atoms with Crippen molar-refractivity contribution in [3.05, 3.63) is 59.7 Å². The first kappa shape index (κ1) is 22.6. The van der Waals surface area contributed by atoms with Crippen LogP contribution in [0.5, 0.6) is 11.5 Å². The highest BCUT2D eigenvalue weighted by Gasteiger charge is 2.19. The predicted octanol–water partition coefficient (Wildman–Crippen LogP) is 2.56. The van der Waals surface area contributed by atoms with Gasteiger partial charge in [0.2, 0.25) is 5.91 Å². The smallest absolute Gasteiger partial charge is 0.255 e. The number of benzene rings is 2. The fraction of sp³-hybridized carbons (Fsp3) is 0.417. The van der Waals surface area contributed by atoms with Gasteiger partial charge in [0.25, 0.3) is 5.91 Å². The summed E-state index contributed by atoms with van der Waals surface area (Å²) < 4.78 is 10.4. The van der Waals surface area contributed by atoms with Crippen molar-refractivity contribution in [1.82, 2.24) is 15.1 Å². The molecule has 2 aromatic rings. The summed E-state index contributed by atoms with van der Waals surface area (Å²) >= 11 is 0. The van der Waals surface area contributed by atoms with Crippen LogP contribution in [0.3, 0.4) is 0 Å². The molecule has 2 amide bonds. The molecule has 1 saturated heterocycles. The van der Waals surface area contributed by atoms with Crippen LogP contribution >= 0.6 is 0 Å². The number of nitrogens with one attached hydrogen (secondary N) is 1. The predicted molar refractivity (Wildman–Crippen MR) is 119 cm³/mol. The molecule has 0 spiro atoms. The van der Waals surface area contributed by atoms with Crippen LogP contribution in [0.4, 0.5) is 0 Å². The largest absolute Gasteiger partial charge is 0.497 e. The van der Waals surface area contributed by atoms with Crippen molar-refractivity contribution in [3.63, 3.8) is 0 Å². The Morgan fingerprint density at radius 1 is 0.935 bits per heavy atom. The van der Waals surface area contributed by atoms with Crippen molar-refractivity contribution in [2.24, 2.45) is 0 Å². The summed E-state index contributed by atoms with van der Waals surface area (Å²) in [6, 6.07) is 15.2. The second-order valence-corrected chi connectivity index (χ2v) is 7.56. The lowest BCUT2D eigenvalue weighted by Gasteiger charge is -2.22. The lowest BCUT2D eigenvalue weighted by atomic mass is 10.2. The molecule has 2 aromatic carbocycles. The molecule has 1 aliphatic heterocycles. The maximum atomic E-state index is 12.6. The van der Waals surface area contributed by atoms with E-state index >= 15 is 0 Å². The van der Waals surface area contributed by atoms with E-state index in [-0.39, 0.29) is 11.8 Å². The Bertz CT molecular complexity index is 869. The van der Waals surface area contributed by atoms with Crippen LogP contribution in [-0.2, 0) is 11.3 Å². The molecule has 0 unspecified atom stereocenters. The first-order chi connectivity index (χ1) is 15.1. The minimum absolute atomic E-state index is 0.0756. The van der Waals surface area contributed by atoms with Crippen molar-refractivity contribution in [2.75, 3.05) is 46.9 Å². The molecule has 7 heteroatoms. The Morgan fingerprint density at radius 3 is 2.45 bits per heavy atom. The quantitative estimate of drug-likeness (QED) is 0.704. The molecule has 7 nitrogen and oxygen atoms in total. The zero-order valence-electron chi connectivity index (χ0n) is 18.3. The van der Waals surface area contributed by atoms with Gasteiger partial charge >= 0.3 is 0 Å². The van der Waals surface area contributed by atoms with Crippen LogP contribution < -0.4 is 14.8 Å². The summed E-state index contributed by atoms with van der Waals surface area (Å²) in [5.41, 5.74) is 1.71. The molecule has 0 atom stereocenters. The summed E-state index contributed by atoms with van der Waals surface area (Å²) in [5.74, 6) is 1.23. The SMILES string of the molecule is COc1ccc(CN2CCCN(C(=O)CCNC(=O)c3ccccc3OC)CC2)cc1. The summed E-state index contributed by atoms with van der Waals surface area (Å²) in [6.45, 7) is 4.42. The van der Waals surface area contributed by atoms with Crippen LogP contribution in [-0.4, -0.2) is 68.6 Å². The Labute approximate surface area is 183 Å². The number of rotatable bonds is 8. The molecule has 1 fully saturated rings. The van der Waals surface area contributed by atoms with Gasteiger partial charge < -0.3 is 19.7 Å². The third kappa shape index (κ3) is 6.46. The number of hydrogen-bond acceptors (Lipinski definition) is 5. The third-order valence-corrected chi connectivity index (χ3v) is 5.48. The number of para-hydroxylation sites is 1. The van der Waals surface area contributed by atoms with Gasteiger partial charge in [0.1, 0.15) is 11.5 Å². The Balaban J connectivity index is 1.43. The fourth-order valence-electron chi connectivity index (χ4n) is 3.74. The molecule has 1 aliphatic rings. The highest BCUT2D eigenvalue weighted by Crippen LogP contribution is 2.17. The second kappa shape index (κ2) is 11.4. The van der Waals surface area contributed by atoms with Crippen molar-refractivity contribution in [1.29, 1.82) is 0 Å². The molecule has 3 rings (SSSR count). The third-order valence-electron chi connectivity index (χ3n) is 5.48. The van der Waals surface area contributed by atoms with Gasteiger partial charge in [-0.15, -0.1) is 0 Å². The highest BCUT2D eigenvalue weighted by molar-refractivity contribution is 5.97. The molecule has 0 aromatic heterocycles. The average Bonchev–Trinajstić information content (AvgIpc) is 3.05. The van der Waals surface area contributed by atoms with Gasteiger partial charge in [-0.05, 0) is 36.2 Å². The van der Waals surface area contributed by atoms with Crippen molar-refractivity contribution in [3.8, 4) is 11.5 Å². The second-order valence-electron chi connectivity index (χ2n) is 7.56. The average molecular weight is 426 g/mol. The fourth-order valence-corrected chi connectivity index (χ4v) is 3.74. The van der Waals surface area contributed by atoms with E-state index in [9.17, 15) is 9.59 Å². The number of hydrogen-bond donors (Lipinski definition) is 1. The maximum absolute atomic E-state index is 12.6. The van der Waals surface area contributed by atoms with E-state index in [1.165, 1.54) is 12.7 Å². The van der Waals surface area contributed by atoms with E-state index in [1.54, 1.807) is 25.3 Å². The van der Waals surface area contributed by atoms with Gasteiger partial charge in [0.05, 0.1) is 19.8 Å². The Morgan fingerprint density at radius 2 is 1.71 bits per heavy atom. The highest BCUT2D eigenvalue weighted by atomic mass is 16.5. The van der Waals surface area contributed by atoms with E-state index < -0.39 is 0 Å². The molecule has 0 aliphatic carbocycles. The van der Waals surface area contributed by atoms with Crippen molar-refractivity contribution in [2.45, 2.75) is 19.4 Å². The lowest BCUT2D eigenvalue weighted by Crippen LogP contribution is -2.37. The minimum atomic E-state index is -0.230. The van der Waals surface area contributed by atoms with Gasteiger partial charge in [0, 0.05) is 45.7 Å². The van der Waals surface area contributed by atoms with Crippen LogP contribution in [0.2, 0.25) is 0 Å². The number of carbonyl (C=O) groups excluding carboxylic acids is 2. The summed E-state index contributed by atoms with van der Waals surface area (Å²) in [4.78, 5) is 29.3. The van der Waals surface area contributed by atoms with Gasteiger partial charge in [-0.1, -0.05) is 24.3 Å². The minimum Gasteiger partial charge on any atom is -0.497 e. The number of ether oxygens (including phenoxy) is 2. The van der Waals surface area contributed by atoms with Crippen LogP contribution in [0.25, 0.3) is 0 Å². The number of methoxy groups -OCH3 is 2. The molecule has 0 radical (unpaired) electrons. The monoisotopic (exact) mass is 425 g/mol. The first-order valence-electron chi connectivity index (χ1n) is 10.6. The number of amides is 2. The van der Waals surface area contributed by atoms with Gasteiger partial charge in [0.15, 0.2) is 0 Å². The van der Waals surface area contributed by atoms with E-state index in [0.29, 0.717) is 30.8 Å². The maximum Gasteiger partial charge on any atom is 0.255 e. The zero-order valence-corrected chi connectivity index (χ0v) is 18.3. The van der Waals surface area contributed by atoms with Crippen molar-refractivity contribution < 1.29 is 19.1 Å². The number of carbonyl (C=O) groups is 2. The lowest BCUT2D eigenvalue weighted by molar-refractivity contribution is -0.130. The zero-order chi connectivity index (χ0) is 22.1. The molecule has 0 bridgehead atoms. The van der Waals surface area contributed by atoms with E-state index in [2.05, 4.69) is 22.3 Å². The molecular formula is C24H31N3O4. The Kier molecular flexibility index (Phi) is 8.29. The van der Waals surface area contributed by atoms with Gasteiger partial charge in [-0.25, -0.2) is 0 Å². The first-order valence-corrected chi connectivity index (χ1v) is 10.6. The Hall–Kier alpha value is -3.06. The van der Waals surface area contributed by atoms with E-state index in [0.717, 1.165) is 38.3 Å². The topological polar surface area (TPSA) is 71.1 Å². The summed E-state index contributed by atoms with van der Waals surface area (Å²) in [7, 11) is 3.20. The molecule has 166 valence electrons. The molecule has 1 heterocycles. The van der Waals surface area contributed by atoms with Gasteiger partial charge in [-0.2, -0.15) is 0 Å². The molecule has 31 heavy (non-hydrogen) atoms. The van der Waals surface area contributed by atoms with E-state index in [1.807, 2.05) is 23.1 Å². The number of nitrogens with zero attached hydrogens (tertiary/aromatic N) is 2. The van der Waals surface area contributed by atoms with Crippen LogP contribution in [0.1, 0.15) is 28.8 Å². The normalized spacial score (nSPS) is 14.6. The summed E-state index contributed by atoms with van der Waals surface area (Å²) in [5, 5.41) is 2.82. The van der Waals surface area contributed by atoms with E-state index in [4.69, 9.17) is 9.47 Å². The van der Waals surface area contributed by atoms with Crippen molar-refractivity contribution >= 4 is 11.8 Å². The molecule has 1 N–H and O–H groups in total. The van der Waals surface area contributed by atoms with Gasteiger partial charge in [-0.3, -0.25) is 14.5 Å². The van der Waals surface area contributed by atoms with Crippen LogP contribution in [0, 0.1) is 0 Å².